The molecule has 0 aliphatic heterocycles. The van der Waals surface area contributed by atoms with Crippen LogP contribution in [0.25, 0.3) is 0 Å². The molecule has 15 heavy (non-hydrogen) atoms. The molecule has 0 aliphatic carbocycles. The molecule has 82 valence electrons. The van der Waals surface area contributed by atoms with Gasteiger partial charge in [0.1, 0.15) is 0 Å². The van der Waals surface area contributed by atoms with Crippen LogP contribution in [0.1, 0.15) is 32.4 Å². The number of hydrogen-bond acceptors (Lipinski definition) is 2. The van der Waals surface area contributed by atoms with Crippen LogP contribution in [0.3, 0.4) is 0 Å². The van der Waals surface area contributed by atoms with E-state index in [1.807, 2.05) is 40.0 Å². The summed E-state index contributed by atoms with van der Waals surface area (Å²) in [5.41, 5.74) is 1.06. The zero-order valence-electron chi connectivity index (χ0n) is 9.77. The molecule has 3 heteroatoms. The zero-order chi connectivity index (χ0) is 11.4. The Morgan fingerprint density at radius 1 is 1.40 bits per heavy atom. The van der Waals surface area contributed by atoms with Crippen LogP contribution in [0.15, 0.2) is 24.5 Å². The standard InChI is InChI=1S/C12H18N2O/c1-9(2)12(15)14(4)10(3)11-6-5-7-13-8-11/h5-10H,1-4H3. The lowest BCUT2D eigenvalue weighted by Crippen LogP contribution is -2.32. The maximum Gasteiger partial charge on any atom is 0.225 e. The average molecular weight is 206 g/mol. The van der Waals surface area contributed by atoms with Crippen molar-refractivity contribution < 1.29 is 4.79 Å². The van der Waals surface area contributed by atoms with Crippen LogP contribution in [0.4, 0.5) is 0 Å². The maximum atomic E-state index is 11.8. The van der Waals surface area contributed by atoms with Gasteiger partial charge in [0, 0.05) is 25.4 Å². The van der Waals surface area contributed by atoms with Crippen LogP contribution in [-0.4, -0.2) is 22.8 Å². The molecule has 0 fully saturated rings. The van der Waals surface area contributed by atoms with E-state index in [1.54, 1.807) is 17.3 Å². The fraction of sp³-hybridized carbons (Fsp3) is 0.500. The Morgan fingerprint density at radius 2 is 2.07 bits per heavy atom. The lowest BCUT2D eigenvalue weighted by atomic mass is 10.1. The van der Waals surface area contributed by atoms with Gasteiger partial charge in [-0.2, -0.15) is 0 Å². The average Bonchev–Trinajstić information content (AvgIpc) is 2.27. The molecule has 1 amide bonds. The molecular weight excluding hydrogens is 188 g/mol. The minimum absolute atomic E-state index is 0.0362. The number of carbonyl (C=O) groups excluding carboxylic acids is 1. The Bertz CT molecular complexity index is 322. The molecule has 1 aromatic heterocycles. The summed E-state index contributed by atoms with van der Waals surface area (Å²) in [4.78, 5) is 17.6. The van der Waals surface area contributed by atoms with Gasteiger partial charge in [0.05, 0.1) is 6.04 Å². The first-order chi connectivity index (χ1) is 7.04. The normalized spacial score (nSPS) is 12.6. The zero-order valence-corrected chi connectivity index (χ0v) is 9.77. The van der Waals surface area contributed by atoms with Crippen molar-refractivity contribution in [1.82, 2.24) is 9.88 Å². The van der Waals surface area contributed by atoms with Crippen molar-refractivity contribution in [2.75, 3.05) is 7.05 Å². The summed E-state index contributed by atoms with van der Waals surface area (Å²) in [6.07, 6.45) is 3.54. The van der Waals surface area contributed by atoms with Crippen molar-refractivity contribution in [2.45, 2.75) is 26.8 Å². The molecular formula is C12H18N2O. The number of amides is 1. The Balaban J connectivity index is 2.77. The second-order valence-corrected chi connectivity index (χ2v) is 4.07. The van der Waals surface area contributed by atoms with Crippen molar-refractivity contribution in [1.29, 1.82) is 0 Å². The number of hydrogen-bond donors (Lipinski definition) is 0. The summed E-state index contributed by atoms with van der Waals surface area (Å²) in [6, 6.07) is 3.95. The van der Waals surface area contributed by atoms with Crippen molar-refractivity contribution >= 4 is 5.91 Å². The molecule has 1 unspecified atom stereocenters. The van der Waals surface area contributed by atoms with E-state index in [0.29, 0.717) is 0 Å². The van der Waals surface area contributed by atoms with Gasteiger partial charge in [-0.25, -0.2) is 0 Å². The highest BCUT2D eigenvalue weighted by Crippen LogP contribution is 2.18. The molecule has 0 spiro atoms. The van der Waals surface area contributed by atoms with Crippen LogP contribution < -0.4 is 0 Å². The van der Waals surface area contributed by atoms with E-state index in [0.717, 1.165) is 5.56 Å². The highest BCUT2D eigenvalue weighted by Gasteiger charge is 2.19. The summed E-state index contributed by atoms with van der Waals surface area (Å²) in [7, 11) is 1.83. The second-order valence-electron chi connectivity index (χ2n) is 4.07. The fourth-order valence-electron chi connectivity index (χ4n) is 1.44. The highest BCUT2D eigenvalue weighted by atomic mass is 16.2. The fourth-order valence-corrected chi connectivity index (χ4v) is 1.44. The van der Waals surface area contributed by atoms with Crippen LogP contribution in [-0.2, 0) is 4.79 Å². The molecule has 1 atom stereocenters. The third kappa shape index (κ3) is 2.78. The molecule has 0 bridgehead atoms. The van der Waals surface area contributed by atoms with Crippen molar-refractivity contribution in [3.8, 4) is 0 Å². The van der Waals surface area contributed by atoms with E-state index in [2.05, 4.69) is 4.98 Å². The monoisotopic (exact) mass is 206 g/mol. The first kappa shape index (κ1) is 11.7. The number of nitrogens with zero attached hydrogens (tertiary/aromatic N) is 2. The summed E-state index contributed by atoms with van der Waals surface area (Å²) in [6.45, 7) is 5.83. The van der Waals surface area contributed by atoms with Gasteiger partial charge in [0.25, 0.3) is 0 Å². The van der Waals surface area contributed by atoms with Gasteiger partial charge in [0.2, 0.25) is 5.91 Å². The van der Waals surface area contributed by atoms with E-state index < -0.39 is 0 Å². The molecule has 1 aromatic rings. The molecule has 0 N–H and O–H groups in total. The van der Waals surface area contributed by atoms with Gasteiger partial charge in [-0.05, 0) is 18.6 Å². The van der Waals surface area contributed by atoms with Gasteiger partial charge >= 0.3 is 0 Å². The van der Waals surface area contributed by atoms with Crippen molar-refractivity contribution in [2.24, 2.45) is 5.92 Å². The van der Waals surface area contributed by atoms with Gasteiger partial charge in [0.15, 0.2) is 0 Å². The molecule has 0 aliphatic rings. The minimum Gasteiger partial charge on any atom is -0.339 e. The molecule has 1 heterocycles. The topological polar surface area (TPSA) is 33.2 Å². The SMILES string of the molecule is CC(C)C(=O)N(C)C(C)c1cccnc1. The van der Waals surface area contributed by atoms with E-state index in [4.69, 9.17) is 0 Å². The third-order valence-corrected chi connectivity index (χ3v) is 2.59. The van der Waals surface area contributed by atoms with E-state index in [1.165, 1.54) is 0 Å². The van der Waals surface area contributed by atoms with E-state index >= 15 is 0 Å². The lowest BCUT2D eigenvalue weighted by Gasteiger charge is -2.26. The molecule has 0 radical (unpaired) electrons. The van der Waals surface area contributed by atoms with Crippen LogP contribution >= 0.6 is 0 Å². The molecule has 0 aromatic carbocycles. The Hall–Kier alpha value is -1.38. The second kappa shape index (κ2) is 4.91. The Morgan fingerprint density at radius 3 is 2.53 bits per heavy atom. The number of rotatable bonds is 3. The highest BCUT2D eigenvalue weighted by molar-refractivity contribution is 5.78. The van der Waals surface area contributed by atoms with Crippen molar-refractivity contribution in [3.05, 3.63) is 30.1 Å². The maximum absolute atomic E-state index is 11.8. The lowest BCUT2D eigenvalue weighted by molar-refractivity contribution is -0.135. The van der Waals surface area contributed by atoms with E-state index in [-0.39, 0.29) is 17.9 Å². The van der Waals surface area contributed by atoms with Gasteiger partial charge in [-0.3, -0.25) is 9.78 Å². The smallest absolute Gasteiger partial charge is 0.225 e. The largest absolute Gasteiger partial charge is 0.339 e. The molecule has 3 nitrogen and oxygen atoms in total. The first-order valence-electron chi connectivity index (χ1n) is 5.20. The predicted octanol–water partition coefficient (Wildman–Crippen LogP) is 2.26. The molecule has 0 saturated heterocycles. The predicted molar refractivity (Wildman–Crippen MR) is 60.3 cm³/mol. The molecule has 1 rings (SSSR count). The van der Waals surface area contributed by atoms with E-state index in [9.17, 15) is 4.79 Å². The quantitative estimate of drug-likeness (QED) is 0.760. The number of carbonyl (C=O) groups is 1. The summed E-state index contributed by atoms with van der Waals surface area (Å²) in [5.74, 6) is 0.195. The summed E-state index contributed by atoms with van der Waals surface area (Å²) in [5, 5.41) is 0. The Kier molecular flexibility index (Phi) is 3.83. The van der Waals surface area contributed by atoms with Crippen LogP contribution in [0.2, 0.25) is 0 Å². The van der Waals surface area contributed by atoms with Gasteiger partial charge in [-0.15, -0.1) is 0 Å². The minimum atomic E-state index is 0.0362. The van der Waals surface area contributed by atoms with Crippen molar-refractivity contribution in [3.63, 3.8) is 0 Å². The first-order valence-corrected chi connectivity index (χ1v) is 5.20. The Labute approximate surface area is 91.1 Å². The summed E-state index contributed by atoms with van der Waals surface area (Å²) < 4.78 is 0. The third-order valence-electron chi connectivity index (χ3n) is 2.59. The number of aromatic nitrogens is 1. The van der Waals surface area contributed by atoms with Crippen LogP contribution in [0.5, 0.6) is 0 Å². The molecule has 0 saturated carbocycles. The number of pyridine rings is 1. The van der Waals surface area contributed by atoms with Gasteiger partial charge in [-0.1, -0.05) is 19.9 Å². The van der Waals surface area contributed by atoms with Crippen LogP contribution in [0, 0.1) is 5.92 Å². The summed E-state index contributed by atoms with van der Waals surface area (Å²) >= 11 is 0. The van der Waals surface area contributed by atoms with Gasteiger partial charge < -0.3 is 4.90 Å².